The molecule has 3 aliphatic rings. The maximum Gasteiger partial charge on any atom is 0.238 e. The van der Waals surface area contributed by atoms with Gasteiger partial charge in [0.05, 0.1) is 25.2 Å². The van der Waals surface area contributed by atoms with Crippen molar-refractivity contribution >= 4 is 28.3 Å². The Bertz CT molecular complexity index is 1230. The van der Waals surface area contributed by atoms with Gasteiger partial charge >= 0.3 is 0 Å². The first-order chi connectivity index (χ1) is 17.2. The van der Waals surface area contributed by atoms with Crippen molar-refractivity contribution in [3.05, 3.63) is 59.7 Å². The highest BCUT2D eigenvalue weighted by Crippen LogP contribution is 2.39. The fraction of sp³-hybridized carbons (Fsp3) is 0.429. The normalized spacial score (nSPS) is 20.5. The van der Waals surface area contributed by atoms with Crippen molar-refractivity contribution in [1.29, 1.82) is 0 Å². The molecule has 6 rings (SSSR count). The van der Waals surface area contributed by atoms with Crippen LogP contribution >= 0.6 is 0 Å². The number of carbonyl (C=O) groups is 1. The lowest BCUT2D eigenvalue weighted by atomic mass is 10.1. The molecule has 1 aromatic heterocycles. The number of ether oxygens (including phenoxy) is 1. The Morgan fingerprint density at radius 2 is 1.91 bits per heavy atom. The number of nitrogens with zero attached hydrogens (tertiary/aromatic N) is 3. The van der Waals surface area contributed by atoms with E-state index < -0.39 is 0 Å². The minimum absolute atomic E-state index is 0.0457. The summed E-state index contributed by atoms with van der Waals surface area (Å²) in [5.74, 6) is 1.83. The number of piperazine rings is 1. The van der Waals surface area contributed by atoms with E-state index in [0.29, 0.717) is 6.54 Å². The molecule has 1 amide bonds. The Morgan fingerprint density at radius 1 is 1.06 bits per heavy atom. The van der Waals surface area contributed by atoms with E-state index in [1.807, 2.05) is 30.3 Å². The van der Waals surface area contributed by atoms with Crippen LogP contribution in [0.3, 0.4) is 0 Å². The van der Waals surface area contributed by atoms with E-state index in [1.54, 1.807) is 7.11 Å². The van der Waals surface area contributed by atoms with Crippen molar-refractivity contribution < 1.29 is 9.53 Å². The SMILES string of the molecule is COc1cccc2c1C(Nc1ccc3cc(NC(=O)CN4CCN(C5CC5)CC4)ccc3n1)CC2. The third-order valence-electron chi connectivity index (χ3n) is 7.56. The topological polar surface area (TPSA) is 69.7 Å². The Hall–Kier alpha value is -3.16. The van der Waals surface area contributed by atoms with Crippen LogP contribution in [0.5, 0.6) is 5.75 Å². The summed E-state index contributed by atoms with van der Waals surface area (Å²) in [6, 6.07) is 17.3. The van der Waals surface area contributed by atoms with Gasteiger partial charge in [-0.25, -0.2) is 4.98 Å². The number of nitrogens with one attached hydrogen (secondary N) is 2. The molecule has 35 heavy (non-hydrogen) atoms. The van der Waals surface area contributed by atoms with Crippen molar-refractivity contribution in [2.45, 2.75) is 37.8 Å². The van der Waals surface area contributed by atoms with E-state index in [4.69, 9.17) is 9.72 Å². The van der Waals surface area contributed by atoms with Crippen molar-refractivity contribution in [2.75, 3.05) is 50.5 Å². The number of carbonyl (C=O) groups excluding carboxylic acids is 1. The van der Waals surface area contributed by atoms with Crippen LogP contribution in [-0.2, 0) is 11.2 Å². The Kier molecular flexibility index (Phi) is 6.04. The number of methoxy groups -OCH3 is 1. The number of aromatic nitrogens is 1. The number of hydrogen-bond donors (Lipinski definition) is 2. The number of amides is 1. The first-order valence-corrected chi connectivity index (χ1v) is 12.8. The van der Waals surface area contributed by atoms with Gasteiger partial charge in [-0.05, 0) is 67.6 Å². The second-order valence-electron chi connectivity index (χ2n) is 9.96. The Labute approximate surface area is 206 Å². The predicted molar refractivity (Wildman–Crippen MR) is 139 cm³/mol. The third kappa shape index (κ3) is 4.83. The van der Waals surface area contributed by atoms with Crippen LogP contribution in [0.2, 0.25) is 0 Å². The van der Waals surface area contributed by atoms with E-state index in [-0.39, 0.29) is 11.9 Å². The highest BCUT2D eigenvalue weighted by Gasteiger charge is 2.31. The zero-order valence-electron chi connectivity index (χ0n) is 20.3. The predicted octanol–water partition coefficient (Wildman–Crippen LogP) is 4.06. The van der Waals surface area contributed by atoms with Crippen molar-refractivity contribution in [1.82, 2.24) is 14.8 Å². The maximum atomic E-state index is 12.6. The fourth-order valence-corrected chi connectivity index (χ4v) is 5.56. The second-order valence-corrected chi connectivity index (χ2v) is 9.96. The number of rotatable bonds is 7. The quantitative estimate of drug-likeness (QED) is 0.542. The first kappa shape index (κ1) is 22.3. The van der Waals surface area contributed by atoms with E-state index in [2.05, 4.69) is 38.6 Å². The van der Waals surface area contributed by atoms with Gasteiger partial charge in [-0.3, -0.25) is 14.6 Å². The molecular formula is C28H33N5O2. The highest BCUT2D eigenvalue weighted by molar-refractivity contribution is 5.95. The van der Waals surface area contributed by atoms with Gasteiger partial charge in [-0.1, -0.05) is 12.1 Å². The molecule has 2 aromatic carbocycles. The van der Waals surface area contributed by atoms with Crippen LogP contribution in [0.25, 0.3) is 10.9 Å². The molecule has 1 aliphatic heterocycles. The number of hydrogen-bond acceptors (Lipinski definition) is 6. The molecule has 3 aromatic rings. The largest absolute Gasteiger partial charge is 0.496 e. The summed E-state index contributed by atoms with van der Waals surface area (Å²) in [5.41, 5.74) is 4.30. The molecule has 2 N–H and O–H groups in total. The summed E-state index contributed by atoms with van der Waals surface area (Å²) in [4.78, 5) is 22.3. The lowest BCUT2D eigenvalue weighted by Crippen LogP contribution is -2.49. The van der Waals surface area contributed by atoms with Crippen LogP contribution in [0.1, 0.15) is 36.4 Å². The summed E-state index contributed by atoms with van der Waals surface area (Å²) < 4.78 is 5.60. The van der Waals surface area contributed by atoms with Crippen molar-refractivity contribution in [3.8, 4) is 5.75 Å². The summed E-state index contributed by atoms with van der Waals surface area (Å²) in [6.07, 6.45) is 4.75. The van der Waals surface area contributed by atoms with Gasteiger partial charge in [0, 0.05) is 48.9 Å². The number of fused-ring (bicyclic) bond motifs is 2. The molecule has 0 radical (unpaired) electrons. The fourth-order valence-electron chi connectivity index (χ4n) is 5.56. The van der Waals surface area contributed by atoms with Crippen molar-refractivity contribution in [2.24, 2.45) is 0 Å². The Morgan fingerprint density at radius 3 is 2.71 bits per heavy atom. The number of anilines is 2. The van der Waals surface area contributed by atoms with Gasteiger partial charge in [-0.2, -0.15) is 0 Å². The molecule has 1 unspecified atom stereocenters. The van der Waals surface area contributed by atoms with E-state index in [1.165, 1.54) is 24.0 Å². The molecular weight excluding hydrogens is 438 g/mol. The molecule has 1 saturated carbocycles. The van der Waals surface area contributed by atoms with Crippen LogP contribution in [0, 0.1) is 0 Å². The molecule has 1 atom stereocenters. The molecule has 2 fully saturated rings. The lowest BCUT2D eigenvalue weighted by Gasteiger charge is -2.34. The summed E-state index contributed by atoms with van der Waals surface area (Å²) in [7, 11) is 1.73. The Balaban J connectivity index is 1.08. The van der Waals surface area contributed by atoms with Crippen LogP contribution in [0.4, 0.5) is 11.5 Å². The lowest BCUT2D eigenvalue weighted by molar-refractivity contribution is -0.117. The highest BCUT2D eigenvalue weighted by atomic mass is 16.5. The molecule has 7 heteroatoms. The minimum Gasteiger partial charge on any atom is -0.496 e. The smallest absolute Gasteiger partial charge is 0.238 e. The molecule has 2 heterocycles. The van der Waals surface area contributed by atoms with Gasteiger partial charge in [0.15, 0.2) is 0 Å². The van der Waals surface area contributed by atoms with Crippen LogP contribution < -0.4 is 15.4 Å². The maximum absolute atomic E-state index is 12.6. The summed E-state index contributed by atoms with van der Waals surface area (Å²) >= 11 is 0. The van der Waals surface area contributed by atoms with Crippen LogP contribution in [0.15, 0.2) is 48.5 Å². The first-order valence-electron chi connectivity index (χ1n) is 12.8. The monoisotopic (exact) mass is 471 g/mol. The summed E-state index contributed by atoms with van der Waals surface area (Å²) in [6.45, 7) is 4.55. The molecule has 0 bridgehead atoms. The zero-order chi connectivity index (χ0) is 23.8. The van der Waals surface area contributed by atoms with E-state index in [0.717, 1.165) is 73.2 Å². The average molecular weight is 472 g/mol. The summed E-state index contributed by atoms with van der Waals surface area (Å²) in [5, 5.41) is 7.68. The number of aryl methyl sites for hydroxylation is 1. The third-order valence-corrected chi connectivity index (χ3v) is 7.56. The van der Waals surface area contributed by atoms with Gasteiger partial charge in [0.2, 0.25) is 5.91 Å². The molecule has 0 spiro atoms. The molecule has 7 nitrogen and oxygen atoms in total. The molecule has 182 valence electrons. The number of pyridine rings is 1. The second kappa shape index (κ2) is 9.47. The zero-order valence-corrected chi connectivity index (χ0v) is 20.3. The van der Waals surface area contributed by atoms with Gasteiger partial charge in [-0.15, -0.1) is 0 Å². The van der Waals surface area contributed by atoms with Gasteiger partial charge in [0.1, 0.15) is 11.6 Å². The van der Waals surface area contributed by atoms with Crippen molar-refractivity contribution in [3.63, 3.8) is 0 Å². The van der Waals surface area contributed by atoms with Gasteiger partial charge < -0.3 is 15.4 Å². The van der Waals surface area contributed by atoms with E-state index >= 15 is 0 Å². The minimum atomic E-state index is 0.0457. The number of benzene rings is 2. The average Bonchev–Trinajstić information content (AvgIpc) is 3.65. The van der Waals surface area contributed by atoms with Crippen LogP contribution in [-0.4, -0.2) is 66.6 Å². The standard InChI is InChI=1S/C28H33N5O2/c1-35-25-4-2-3-19-5-10-24(28(19)25)31-26-12-6-20-17-21(7-11-23(20)30-26)29-27(34)18-32-13-15-33(16-14-32)22-8-9-22/h2-4,6-7,11-12,17,22,24H,5,8-10,13-16,18H2,1H3,(H,29,34)(H,30,31). The molecule has 2 aliphatic carbocycles. The van der Waals surface area contributed by atoms with Gasteiger partial charge in [0.25, 0.3) is 0 Å². The molecule has 1 saturated heterocycles. The van der Waals surface area contributed by atoms with E-state index in [9.17, 15) is 4.79 Å².